The lowest BCUT2D eigenvalue weighted by molar-refractivity contribution is 0.101. The Morgan fingerprint density at radius 1 is 1.10 bits per heavy atom. The maximum Gasteiger partial charge on any atom is 0.232 e. The van der Waals surface area contributed by atoms with E-state index in [1.165, 1.54) is 0 Å². The van der Waals surface area contributed by atoms with Gasteiger partial charge in [-0.15, -0.1) is 0 Å². The summed E-state index contributed by atoms with van der Waals surface area (Å²) < 4.78 is 18.1. The van der Waals surface area contributed by atoms with Crippen LogP contribution in [0.25, 0.3) is 6.08 Å². The quantitative estimate of drug-likeness (QED) is 0.381. The van der Waals surface area contributed by atoms with Crippen LogP contribution in [0.4, 0.5) is 0 Å². The van der Waals surface area contributed by atoms with Crippen LogP contribution in [-0.4, -0.2) is 12.9 Å². The van der Waals surface area contributed by atoms with E-state index < -0.39 is 0 Å². The van der Waals surface area contributed by atoms with Crippen molar-refractivity contribution in [3.8, 4) is 17.2 Å². The zero-order valence-electron chi connectivity index (χ0n) is 16.4. The number of hydrogen-bond donors (Lipinski definition) is 0. The minimum Gasteiger partial charge on any atom is -0.496 e. The third-order valence-corrected chi connectivity index (χ3v) is 5.49. The molecule has 152 valence electrons. The van der Waals surface area contributed by atoms with Gasteiger partial charge in [0.2, 0.25) is 5.78 Å². The summed E-state index contributed by atoms with van der Waals surface area (Å²) in [6.45, 7) is 2.26. The summed E-state index contributed by atoms with van der Waals surface area (Å²) in [5.41, 5.74) is 3.10. The van der Waals surface area contributed by atoms with Crippen molar-refractivity contribution in [1.82, 2.24) is 0 Å². The van der Waals surface area contributed by atoms with Crippen molar-refractivity contribution in [3.05, 3.63) is 92.1 Å². The highest BCUT2D eigenvalue weighted by atomic mass is 79.9. The lowest BCUT2D eigenvalue weighted by Gasteiger charge is -2.09. The lowest BCUT2D eigenvalue weighted by Crippen LogP contribution is -2.00. The highest BCUT2D eigenvalue weighted by Gasteiger charge is 2.30. The van der Waals surface area contributed by atoms with Gasteiger partial charge in [-0.25, -0.2) is 0 Å². The number of halogens is 2. The van der Waals surface area contributed by atoms with Gasteiger partial charge < -0.3 is 14.2 Å². The monoisotopic (exact) mass is 484 g/mol. The zero-order chi connectivity index (χ0) is 21.3. The molecule has 30 heavy (non-hydrogen) atoms. The van der Waals surface area contributed by atoms with E-state index in [4.69, 9.17) is 25.8 Å². The molecule has 4 nitrogen and oxygen atoms in total. The minimum absolute atomic E-state index is 0.159. The Morgan fingerprint density at radius 3 is 2.60 bits per heavy atom. The number of carbonyl (C=O) groups excluding carboxylic acids is 1. The van der Waals surface area contributed by atoms with E-state index in [1.807, 2.05) is 55.5 Å². The average molecular weight is 486 g/mol. The smallest absolute Gasteiger partial charge is 0.232 e. The van der Waals surface area contributed by atoms with Crippen LogP contribution in [0.1, 0.15) is 27.0 Å². The Hall–Kier alpha value is -2.76. The predicted molar refractivity (Wildman–Crippen MR) is 121 cm³/mol. The molecule has 3 aromatic rings. The molecule has 0 fully saturated rings. The van der Waals surface area contributed by atoms with Crippen molar-refractivity contribution in [2.24, 2.45) is 0 Å². The molecule has 0 aromatic heterocycles. The first-order valence-corrected chi connectivity index (χ1v) is 10.4. The number of fused-ring (bicyclic) bond motifs is 1. The molecule has 0 spiro atoms. The van der Waals surface area contributed by atoms with Crippen LogP contribution in [0.2, 0.25) is 5.02 Å². The van der Waals surface area contributed by atoms with E-state index in [0.717, 1.165) is 21.2 Å². The number of hydrogen-bond acceptors (Lipinski definition) is 4. The van der Waals surface area contributed by atoms with Gasteiger partial charge in [-0.05, 0) is 60.5 Å². The van der Waals surface area contributed by atoms with Gasteiger partial charge in [0.05, 0.1) is 12.7 Å². The van der Waals surface area contributed by atoms with E-state index in [0.29, 0.717) is 34.4 Å². The molecule has 3 aromatic carbocycles. The van der Waals surface area contributed by atoms with Crippen LogP contribution < -0.4 is 14.2 Å². The number of rotatable bonds is 5. The molecule has 6 heteroatoms. The molecular formula is C24H18BrClO4. The number of methoxy groups -OCH3 is 1. The first-order valence-electron chi connectivity index (χ1n) is 9.24. The Bertz CT molecular complexity index is 1150. The molecule has 0 saturated carbocycles. The molecular weight excluding hydrogens is 468 g/mol. The number of ether oxygens (including phenoxy) is 3. The van der Waals surface area contributed by atoms with Gasteiger partial charge in [-0.2, -0.15) is 0 Å². The van der Waals surface area contributed by atoms with Crippen LogP contribution in [0.15, 0.2) is 64.8 Å². The van der Waals surface area contributed by atoms with Gasteiger partial charge in [0.1, 0.15) is 23.9 Å². The molecule has 0 N–H and O–H groups in total. The first-order chi connectivity index (χ1) is 14.4. The van der Waals surface area contributed by atoms with Crippen LogP contribution >= 0.6 is 27.5 Å². The highest BCUT2D eigenvalue weighted by Crippen LogP contribution is 2.38. The molecule has 0 radical (unpaired) electrons. The normalized spacial score (nSPS) is 13.9. The van der Waals surface area contributed by atoms with Gasteiger partial charge in [0.25, 0.3) is 0 Å². The summed E-state index contributed by atoms with van der Waals surface area (Å²) >= 11 is 9.37. The number of allylic oxidation sites excluding steroid dienone is 1. The first kappa shape index (κ1) is 20.5. The number of ketones is 1. The van der Waals surface area contributed by atoms with Crippen LogP contribution in [-0.2, 0) is 6.61 Å². The van der Waals surface area contributed by atoms with Gasteiger partial charge in [0, 0.05) is 21.1 Å². The fourth-order valence-corrected chi connectivity index (χ4v) is 3.77. The summed E-state index contributed by atoms with van der Waals surface area (Å²) in [4.78, 5) is 12.9. The molecule has 0 amide bonds. The van der Waals surface area contributed by atoms with Gasteiger partial charge in [-0.1, -0.05) is 39.7 Å². The second-order valence-corrected chi connectivity index (χ2v) is 8.21. The second-order valence-electron chi connectivity index (χ2n) is 6.85. The molecule has 0 aliphatic carbocycles. The number of Topliss-reactive ketones (excluding diaryl/α,β-unsaturated/α-hetero) is 1. The van der Waals surface area contributed by atoms with Crippen LogP contribution in [0.3, 0.4) is 0 Å². The number of benzene rings is 3. The summed E-state index contributed by atoms with van der Waals surface area (Å²) in [6.07, 6.45) is 1.69. The third kappa shape index (κ3) is 4.23. The molecule has 0 unspecified atom stereocenters. The summed E-state index contributed by atoms with van der Waals surface area (Å²) in [6, 6.07) is 16.6. The molecule has 1 aliphatic heterocycles. The van der Waals surface area contributed by atoms with Crippen molar-refractivity contribution >= 4 is 39.4 Å². The van der Waals surface area contributed by atoms with Crippen molar-refractivity contribution in [1.29, 1.82) is 0 Å². The summed E-state index contributed by atoms with van der Waals surface area (Å²) in [5.74, 6) is 1.87. The van der Waals surface area contributed by atoms with Gasteiger partial charge >= 0.3 is 0 Å². The zero-order valence-corrected chi connectivity index (χ0v) is 18.7. The fourth-order valence-electron chi connectivity index (χ4n) is 3.27. The minimum atomic E-state index is -0.159. The Kier molecular flexibility index (Phi) is 5.84. The van der Waals surface area contributed by atoms with E-state index >= 15 is 0 Å². The van der Waals surface area contributed by atoms with Crippen LogP contribution in [0, 0.1) is 6.92 Å². The number of aryl methyl sites for hydroxylation is 1. The molecule has 0 atom stereocenters. The molecule has 1 heterocycles. The molecule has 1 aliphatic rings. The van der Waals surface area contributed by atoms with E-state index in [2.05, 4.69) is 15.9 Å². The fraction of sp³-hybridized carbons (Fsp3) is 0.125. The van der Waals surface area contributed by atoms with E-state index in [-0.39, 0.29) is 11.5 Å². The van der Waals surface area contributed by atoms with Gasteiger partial charge in [0.15, 0.2) is 5.76 Å². The Labute approximate surface area is 188 Å². The largest absolute Gasteiger partial charge is 0.496 e. The van der Waals surface area contributed by atoms with E-state index in [1.54, 1.807) is 19.3 Å². The molecule has 0 saturated heterocycles. The molecule has 0 bridgehead atoms. The maximum atomic E-state index is 12.9. The van der Waals surface area contributed by atoms with Gasteiger partial charge in [-0.3, -0.25) is 4.79 Å². The predicted octanol–water partition coefficient (Wildman–Crippen LogP) is 6.61. The van der Waals surface area contributed by atoms with Crippen LogP contribution in [0.5, 0.6) is 17.2 Å². The number of carbonyl (C=O) groups is 1. The Morgan fingerprint density at radius 2 is 1.87 bits per heavy atom. The molecule has 4 rings (SSSR count). The van der Waals surface area contributed by atoms with Crippen molar-refractivity contribution in [2.75, 3.05) is 7.11 Å². The van der Waals surface area contributed by atoms with Crippen molar-refractivity contribution in [2.45, 2.75) is 13.5 Å². The van der Waals surface area contributed by atoms with E-state index in [9.17, 15) is 4.79 Å². The Balaban J connectivity index is 1.59. The summed E-state index contributed by atoms with van der Waals surface area (Å²) in [5, 5.41) is 0.681. The summed E-state index contributed by atoms with van der Waals surface area (Å²) in [7, 11) is 1.59. The highest BCUT2D eigenvalue weighted by molar-refractivity contribution is 9.10. The second kappa shape index (κ2) is 8.54. The van der Waals surface area contributed by atoms with Crippen molar-refractivity contribution < 1.29 is 19.0 Å². The van der Waals surface area contributed by atoms with Crippen molar-refractivity contribution in [3.63, 3.8) is 0 Å². The standard InChI is InChI=1S/C24H18BrClO4/c1-14-9-19(29-13-15-3-6-18(26)7-4-15)12-21-23(14)24(27)22(30-21)11-16-10-17(25)5-8-20(16)28-2/h3-12H,13H2,1-2H3/b22-11-. The lowest BCUT2D eigenvalue weighted by atomic mass is 10.0. The maximum absolute atomic E-state index is 12.9. The third-order valence-electron chi connectivity index (χ3n) is 4.74. The topological polar surface area (TPSA) is 44.8 Å². The SMILES string of the molecule is COc1ccc(Br)cc1/C=C1\Oc2cc(OCc3ccc(Cl)cc3)cc(C)c2C1=O. The average Bonchev–Trinajstić information content (AvgIpc) is 3.03.